The number of hydrogen-bond acceptors (Lipinski definition) is 6. The molecule has 0 aromatic carbocycles. The van der Waals surface area contributed by atoms with Crippen LogP contribution in [0.3, 0.4) is 0 Å². The standard InChI is InChI=1S/C6H8O6/c1-6(11)4(9)2(7)3(8)5(10)12-6/h7-11H,1H3. The molecular formula is C6H8O6. The number of ether oxygens (including phenoxy) is 1. The zero-order valence-electron chi connectivity index (χ0n) is 6.14. The Bertz CT molecular complexity index is 274. The van der Waals surface area contributed by atoms with E-state index >= 15 is 0 Å². The molecule has 6 nitrogen and oxygen atoms in total. The van der Waals surface area contributed by atoms with Crippen LogP contribution in [-0.2, 0) is 4.74 Å². The Labute approximate surface area is 67.3 Å². The second-order valence-corrected chi connectivity index (χ2v) is 2.44. The van der Waals surface area contributed by atoms with Gasteiger partial charge in [-0.3, -0.25) is 0 Å². The molecule has 1 rings (SSSR count). The van der Waals surface area contributed by atoms with Gasteiger partial charge in [0.05, 0.1) is 0 Å². The highest BCUT2D eigenvalue weighted by Gasteiger charge is 2.39. The van der Waals surface area contributed by atoms with E-state index in [4.69, 9.17) is 25.5 Å². The van der Waals surface area contributed by atoms with E-state index < -0.39 is 29.0 Å². The molecular weight excluding hydrogens is 168 g/mol. The van der Waals surface area contributed by atoms with Crippen molar-refractivity contribution in [3.8, 4) is 0 Å². The minimum atomic E-state index is -2.22. The van der Waals surface area contributed by atoms with E-state index in [2.05, 4.69) is 4.74 Å². The molecule has 0 spiro atoms. The highest BCUT2D eigenvalue weighted by molar-refractivity contribution is 5.27. The molecule has 68 valence electrons. The molecule has 1 aliphatic heterocycles. The topological polar surface area (TPSA) is 110 Å². The zero-order chi connectivity index (χ0) is 9.52. The first kappa shape index (κ1) is 8.54. The quantitative estimate of drug-likeness (QED) is 0.364. The molecule has 1 aliphatic rings. The lowest BCUT2D eigenvalue weighted by molar-refractivity contribution is -0.190. The third-order valence-corrected chi connectivity index (χ3v) is 1.39. The molecule has 6 heteroatoms. The Hall–Kier alpha value is -1.56. The molecule has 12 heavy (non-hydrogen) atoms. The van der Waals surface area contributed by atoms with Crippen molar-refractivity contribution >= 4 is 0 Å². The predicted octanol–water partition coefficient (Wildman–Crippen LogP) is 0.338. The van der Waals surface area contributed by atoms with Gasteiger partial charge in [-0.2, -0.15) is 0 Å². The molecule has 0 amide bonds. The molecule has 0 aromatic rings. The monoisotopic (exact) mass is 176 g/mol. The highest BCUT2D eigenvalue weighted by Crippen LogP contribution is 2.29. The van der Waals surface area contributed by atoms with Crippen LogP contribution in [-0.4, -0.2) is 31.3 Å². The van der Waals surface area contributed by atoms with E-state index in [0.29, 0.717) is 0 Å². The molecule has 1 atom stereocenters. The molecule has 5 N–H and O–H groups in total. The van der Waals surface area contributed by atoms with E-state index in [1.165, 1.54) is 0 Å². The van der Waals surface area contributed by atoms with Crippen LogP contribution in [0.5, 0.6) is 0 Å². The molecule has 1 heterocycles. The van der Waals surface area contributed by atoms with Gasteiger partial charge in [-0.1, -0.05) is 0 Å². The van der Waals surface area contributed by atoms with Crippen molar-refractivity contribution in [2.45, 2.75) is 12.7 Å². The summed E-state index contributed by atoms with van der Waals surface area (Å²) in [5.74, 6) is -6.25. The minimum absolute atomic E-state index is 0.960. The molecule has 0 fully saturated rings. The van der Waals surface area contributed by atoms with Gasteiger partial charge in [0, 0.05) is 6.92 Å². The summed E-state index contributed by atoms with van der Waals surface area (Å²) < 4.78 is 4.24. The summed E-state index contributed by atoms with van der Waals surface area (Å²) in [6, 6.07) is 0. The number of aliphatic hydroxyl groups excluding tert-OH is 4. The lowest BCUT2D eigenvalue weighted by Crippen LogP contribution is -2.35. The predicted molar refractivity (Wildman–Crippen MR) is 36.3 cm³/mol. The van der Waals surface area contributed by atoms with Crippen LogP contribution in [0.4, 0.5) is 0 Å². The average Bonchev–Trinajstić information content (AvgIpc) is 1.97. The molecule has 0 saturated carbocycles. The second-order valence-electron chi connectivity index (χ2n) is 2.44. The third kappa shape index (κ3) is 1.02. The summed E-state index contributed by atoms with van der Waals surface area (Å²) in [5, 5.41) is 44.4. The number of hydrogen-bond donors (Lipinski definition) is 5. The van der Waals surface area contributed by atoms with Gasteiger partial charge in [-0.25, -0.2) is 0 Å². The highest BCUT2D eigenvalue weighted by atomic mass is 16.7. The number of rotatable bonds is 0. The van der Waals surface area contributed by atoms with E-state index in [1.54, 1.807) is 0 Å². The SMILES string of the molecule is CC1(O)OC(O)=C(O)C(O)=C1O. The maximum absolute atomic E-state index is 9.11. The summed E-state index contributed by atoms with van der Waals surface area (Å²) >= 11 is 0. The second kappa shape index (κ2) is 2.21. The van der Waals surface area contributed by atoms with Gasteiger partial charge in [-0.15, -0.1) is 0 Å². The largest absolute Gasteiger partial charge is 0.503 e. The summed E-state index contributed by atoms with van der Waals surface area (Å²) in [6.45, 7) is 0.987. The van der Waals surface area contributed by atoms with Crippen molar-refractivity contribution in [3.63, 3.8) is 0 Å². The van der Waals surface area contributed by atoms with Crippen molar-refractivity contribution < 1.29 is 30.3 Å². The first-order chi connectivity index (χ1) is 5.36. The summed E-state index contributed by atoms with van der Waals surface area (Å²) in [4.78, 5) is 0. The Balaban J connectivity index is 3.20. The summed E-state index contributed by atoms with van der Waals surface area (Å²) in [6.07, 6.45) is 0. The van der Waals surface area contributed by atoms with Gasteiger partial charge in [0.1, 0.15) is 0 Å². The van der Waals surface area contributed by atoms with Crippen LogP contribution < -0.4 is 0 Å². The lowest BCUT2D eigenvalue weighted by Gasteiger charge is -2.27. The smallest absolute Gasteiger partial charge is 0.327 e. The lowest BCUT2D eigenvalue weighted by atomic mass is 10.2. The van der Waals surface area contributed by atoms with Crippen LogP contribution in [0.25, 0.3) is 0 Å². The van der Waals surface area contributed by atoms with Crippen LogP contribution >= 0.6 is 0 Å². The van der Waals surface area contributed by atoms with Gasteiger partial charge in [0.2, 0.25) is 17.3 Å². The van der Waals surface area contributed by atoms with Crippen molar-refractivity contribution in [2.75, 3.05) is 0 Å². The third-order valence-electron chi connectivity index (χ3n) is 1.39. The van der Waals surface area contributed by atoms with E-state index in [0.717, 1.165) is 6.92 Å². The first-order valence-corrected chi connectivity index (χ1v) is 3.03. The van der Waals surface area contributed by atoms with Gasteiger partial charge in [-0.05, 0) is 0 Å². The zero-order valence-corrected chi connectivity index (χ0v) is 6.14. The molecule has 0 bridgehead atoms. The maximum Gasteiger partial charge on any atom is 0.327 e. The maximum atomic E-state index is 9.11. The Morgan fingerprint density at radius 3 is 2.08 bits per heavy atom. The van der Waals surface area contributed by atoms with E-state index in [1.807, 2.05) is 0 Å². The van der Waals surface area contributed by atoms with Crippen LogP contribution in [0.1, 0.15) is 6.92 Å². The van der Waals surface area contributed by atoms with Crippen molar-refractivity contribution in [2.24, 2.45) is 0 Å². The molecule has 1 unspecified atom stereocenters. The molecule has 0 aliphatic carbocycles. The fourth-order valence-electron chi connectivity index (χ4n) is 0.718. The molecule has 0 radical (unpaired) electrons. The summed E-state index contributed by atoms with van der Waals surface area (Å²) in [5.41, 5.74) is 0. The van der Waals surface area contributed by atoms with Crippen molar-refractivity contribution in [3.05, 3.63) is 23.2 Å². The fraction of sp³-hybridized carbons (Fsp3) is 0.333. The van der Waals surface area contributed by atoms with Crippen LogP contribution in [0, 0.1) is 0 Å². The minimum Gasteiger partial charge on any atom is -0.503 e. The first-order valence-electron chi connectivity index (χ1n) is 3.03. The van der Waals surface area contributed by atoms with Crippen molar-refractivity contribution in [1.82, 2.24) is 0 Å². The van der Waals surface area contributed by atoms with E-state index in [9.17, 15) is 0 Å². The fourth-order valence-corrected chi connectivity index (χ4v) is 0.718. The van der Waals surface area contributed by atoms with Gasteiger partial charge in [0.15, 0.2) is 0 Å². The van der Waals surface area contributed by atoms with Gasteiger partial charge in [0.25, 0.3) is 5.79 Å². The van der Waals surface area contributed by atoms with E-state index in [-0.39, 0.29) is 0 Å². The van der Waals surface area contributed by atoms with Gasteiger partial charge < -0.3 is 30.3 Å². The molecule has 0 aromatic heterocycles. The number of aliphatic hydroxyl groups is 5. The Kier molecular flexibility index (Phi) is 1.57. The average molecular weight is 176 g/mol. The summed E-state index contributed by atoms with van der Waals surface area (Å²) in [7, 11) is 0. The van der Waals surface area contributed by atoms with Crippen molar-refractivity contribution in [1.29, 1.82) is 0 Å². The molecule has 0 saturated heterocycles. The van der Waals surface area contributed by atoms with Gasteiger partial charge >= 0.3 is 5.95 Å². The Morgan fingerprint density at radius 1 is 1.08 bits per heavy atom. The Morgan fingerprint density at radius 2 is 1.58 bits per heavy atom. The normalized spacial score (nSPS) is 30.5. The van der Waals surface area contributed by atoms with Crippen LogP contribution in [0.2, 0.25) is 0 Å². The van der Waals surface area contributed by atoms with Crippen LogP contribution in [0.15, 0.2) is 23.2 Å².